The van der Waals surface area contributed by atoms with Crippen molar-refractivity contribution in [2.45, 2.75) is 140 Å². The maximum atomic E-state index is 12.2. The van der Waals surface area contributed by atoms with Gasteiger partial charge in [0.15, 0.2) is 11.6 Å². The van der Waals surface area contributed by atoms with Crippen LogP contribution in [0.2, 0.25) is 0 Å². The fourth-order valence-corrected chi connectivity index (χ4v) is 6.12. The standard InChI is InChI=1S/C15H25NO3.2C12H20N2O3/c1-11-10-13(18)16(14(11)19)9-7-5-6-8-12(17)15(2,3)4;2*1-7-5-9(15)14(11(7)17)8(6-13)10(16)12(2,3)4/h11H,5-10H2,1-4H3;2*7-8H,5-6,13H2,1-4H3/t;7?,8-;/m.0./s1. The molecule has 53 heavy (non-hydrogen) atoms. The van der Waals surface area contributed by atoms with Crippen LogP contribution in [0, 0.1) is 34.0 Å². The van der Waals surface area contributed by atoms with Gasteiger partial charge in [-0.2, -0.15) is 0 Å². The topological polar surface area (TPSA) is 215 Å². The van der Waals surface area contributed by atoms with Gasteiger partial charge in [0.1, 0.15) is 17.9 Å². The lowest BCUT2D eigenvalue weighted by Crippen LogP contribution is -2.52. The molecule has 3 saturated heterocycles. The largest absolute Gasteiger partial charge is 0.328 e. The Labute approximate surface area is 315 Å². The molecule has 0 bridgehead atoms. The van der Waals surface area contributed by atoms with Gasteiger partial charge in [0.25, 0.3) is 0 Å². The van der Waals surface area contributed by atoms with Gasteiger partial charge in [-0.05, 0) is 12.8 Å². The van der Waals surface area contributed by atoms with Crippen molar-refractivity contribution in [3.63, 3.8) is 0 Å². The zero-order valence-electron chi connectivity index (χ0n) is 34.1. The molecule has 0 aromatic heterocycles. The van der Waals surface area contributed by atoms with Gasteiger partial charge in [-0.25, -0.2) is 0 Å². The summed E-state index contributed by atoms with van der Waals surface area (Å²) in [6.45, 7) is 22.0. The molecule has 3 rings (SSSR count). The first-order valence-corrected chi connectivity index (χ1v) is 18.7. The van der Waals surface area contributed by atoms with Crippen LogP contribution < -0.4 is 11.5 Å². The summed E-state index contributed by atoms with van der Waals surface area (Å²) in [7, 11) is 0. The van der Waals surface area contributed by atoms with Gasteiger partial charge in [0.05, 0.1) is 0 Å². The lowest BCUT2D eigenvalue weighted by molar-refractivity contribution is -0.149. The highest BCUT2D eigenvalue weighted by atomic mass is 16.2. The number of nitrogens with two attached hydrogens (primary N) is 2. The van der Waals surface area contributed by atoms with Gasteiger partial charge in [0.2, 0.25) is 35.4 Å². The molecule has 14 nitrogen and oxygen atoms in total. The minimum Gasteiger partial charge on any atom is -0.328 e. The summed E-state index contributed by atoms with van der Waals surface area (Å²) >= 11 is 0. The van der Waals surface area contributed by atoms with Crippen LogP contribution in [0.4, 0.5) is 0 Å². The molecule has 0 aromatic carbocycles. The lowest BCUT2D eigenvalue weighted by atomic mass is 9.86. The summed E-state index contributed by atoms with van der Waals surface area (Å²) in [4.78, 5) is 110. The molecule has 3 heterocycles. The molecule has 0 spiro atoms. The summed E-state index contributed by atoms with van der Waals surface area (Å²) < 4.78 is 0. The Kier molecular flexibility index (Phi) is 17.1. The normalized spacial score (nSPS) is 22.1. The van der Waals surface area contributed by atoms with Crippen LogP contribution in [0.3, 0.4) is 0 Å². The third kappa shape index (κ3) is 12.7. The minimum atomic E-state index is -0.819. The molecule has 14 heteroatoms. The number of hydrogen-bond acceptors (Lipinski definition) is 11. The van der Waals surface area contributed by atoms with Gasteiger partial charge in [-0.1, -0.05) is 89.5 Å². The molecule has 300 valence electrons. The Hall–Kier alpha value is -3.65. The highest BCUT2D eigenvalue weighted by Gasteiger charge is 2.45. The average Bonchev–Trinajstić information content (AvgIpc) is 3.55. The zero-order chi connectivity index (χ0) is 41.4. The predicted octanol–water partition coefficient (Wildman–Crippen LogP) is 3.20. The van der Waals surface area contributed by atoms with Crippen molar-refractivity contribution >= 4 is 52.8 Å². The Balaban J connectivity index is 0.000000398. The number of ketones is 3. The smallest absolute Gasteiger partial charge is 0.233 e. The van der Waals surface area contributed by atoms with E-state index in [0.29, 0.717) is 19.4 Å². The molecule has 0 radical (unpaired) electrons. The summed E-state index contributed by atoms with van der Waals surface area (Å²) in [5.74, 6) is -2.18. The van der Waals surface area contributed by atoms with Crippen LogP contribution in [0.1, 0.15) is 128 Å². The van der Waals surface area contributed by atoms with Crippen LogP contribution >= 0.6 is 0 Å². The van der Waals surface area contributed by atoms with E-state index in [1.807, 2.05) is 20.8 Å². The quantitative estimate of drug-likeness (QED) is 0.218. The highest BCUT2D eigenvalue weighted by molar-refractivity contribution is 6.08. The Bertz CT molecular complexity index is 1350. The molecule has 6 amide bonds. The number of nitrogens with zero attached hydrogens (tertiary/aromatic N) is 3. The highest BCUT2D eigenvalue weighted by Crippen LogP contribution is 2.28. The Morgan fingerprint density at radius 2 is 0.925 bits per heavy atom. The first-order chi connectivity index (χ1) is 24.1. The van der Waals surface area contributed by atoms with E-state index in [9.17, 15) is 43.2 Å². The average molecular weight is 748 g/mol. The second-order valence-electron chi connectivity index (χ2n) is 17.6. The summed E-state index contributed by atoms with van der Waals surface area (Å²) in [6, 6.07) is -1.64. The second kappa shape index (κ2) is 19.1. The number of hydrogen-bond donors (Lipinski definition) is 2. The fraction of sp³-hybridized carbons (Fsp3) is 0.769. The second-order valence-corrected chi connectivity index (χ2v) is 17.6. The third-order valence-corrected chi connectivity index (χ3v) is 9.56. The van der Waals surface area contributed by atoms with Gasteiger partial charge in [-0.3, -0.25) is 57.9 Å². The number of amides is 6. The van der Waals surface area contributed by atoms with Crippen molar-refractivity contribution in [1.82, 2.24) is 14.7 Å². The van der Waals surface area contributed by atoms with Gasteiger partial charge >= 0.3 is 0 Å². The number of carbonyl (C=O) groups excluding carboxylic acids is 9. The summed E-state index contributed by atoms with van der Waals surface area (Å²) in [5, 5.41) is 0. The van der Waals surface area contributed by atoms with Crippen molar-refractivity contribution in [1.29, 1.82) is 0 Å². The minimum absolute atomic E-state index is 0.0136. The van der Waals surface area contributed by atoms with E-state index in [1.54, 1.807) is 62.3 Å². The van der Waals surface area contributed by atoms with E-state index in [1.165, 1.54) is 4.90 Å². The van der Waals surface area contributed by atoms with Crippen molar-refractivity contribution in [2.75, 3.05) is 19.6 Å². The van der Waals surface area contributed by atoms with Crippen molar-refractivity contribution in [3.8, 4) is 0 Å². The molecular weight excluding hydrogens is 682 g/mol. The molecular formula is C39H65N5O9. The van der Waals surface area contributed by atoms with Crippen LogP contribution in [0.5, 0.6) is 0 Å². The summed E-state index contributed by atoms with van der Waals surface area (Å²) in [6.07, 6.45) is 3.79. The lowest BCUT2D eigenvalue weighted by Gasteiger charge is -2.29. The molecule has 3 fully saturated rings. The number of carbonyl (C=O) groups is 9. The molecule has 5 atom stereocenters. The van der Waals surface area contributed by atoms with E-state index in [4.69, 9.17) is 11.5 Å². The maximum absolute atomic E-state index is 12.2. The SMILES string of the molecule is CC1CC(=O)N(C(CN)C(=O)C(C)(C)C)C1=O.CC1CC(=O)N(CCCCCC(=O)C(C)(C)C)C1=O.CC1CC(=O)N([C@@H](CN)C(=O)C(C)(C)C)C1=O. The van der Waals surface area contributed by atoms with E-state index in [0.717, 1.165) is 29.1 Å². The number of rotatable bonds is 12. The predicted molar refractivity (Wildman–Crippen MR) is 199 cm³/mol. The Morgan fingerprint density at radius 1 is 0.566 bits per heavy atom. The first kappa shape index (κ1) is 47.4. The summed E-state index contributed by atoms with van der Waals surface area (Å²) in [5.41, 5.74) is 9.61. The number of likely N-dealkylation sites (tertiary alicyclic amines) is 3. The van der Waals surface area contributed by atoms with Crippen molar-refractivity contribution in [3.05, 3.63) is 0 Å². The van der Waals surface area contributed by atoms with Crippen molar-refractivity contribution in [2.24, 2.45) is 45.5 Å². The van der Waals surface area contributed by atoms with Gasteiger partial charge < -0.3 is 11.5 Å². The zero-order valence-corrected chi connectivity index (χ0v) is 34.1. The molecule has 0 saturated carbocycles. The first-order valence-electron chi connectivity index (χ1n) is 18.7. The number of unbranched alkanes of at least 4 members (excludes halogenated alkanes) is 2. The van der Waals surface area contributed by atoms with Crippen LogP contribution in [0.15, 0.2) is 0 Å². The third-order valence-electron chi connectivity index (χ3n) is 9.56. The molecule has 3 aliphatic rings. The van der Waals surface area contributed by atoms with E-state index < -0.39 is 22.9 Å². The van der Waals surface area contributed by atoms with Gasteiger partial charge in [-0.15, -0.1) is 0 Å². The monoisotopic (exact) mass is 747 g/mol. The molecule has 4 unspecified atom stereocenters. The van der Waals surface area contributed by atoms with E-state index in [-0.39, 0.29) is 102 Å². The van der Waals surface area contributed by atoms with E-state index >= 15 is 0 Å². The molecule has 3 aliphatic heterocycles. The number of imide groups is 3. The molecule has 0 aliphatic carbocycles. The maximum Gasteiger partial charge on any atom is 0.233 e. The Morgan fingerprint density at radius 3 is 1.19 bits per heavy atom. The fourth-order valence-electron chi connectivity index (χ4n) is 6.12. The molecule has 4 N–H and O–H groups in total. The van der Waals surface area contributed by atoms with Crippen molar-refractivity contribution < 1.29 is 43.2 Å². The van der Waals surface area contributed by atoms with E-state index in [2.05, 4.69) is 0 Å². The molecule has 0 aromatic rings. The number of Topliss-reactive ketones (excluding diaryl/α,β-unsaturated/α-hetero) is 3. The van der Waals surface area contributed by atoms with Crippen LogP contribution in [-0.2, 0) is 43.2 Å². The van der Waals surface area contributed by atoms with Crippen LogP contribution in [0.25, 0.3) is 0 Å². The van der Waals surface area contributed by atoms with Gasteiger partial charge in [0, 0.05) is 79.3 Å². The van der Waals surface area contributed by atoms with Crippen LogP contribution in [-0.4, -0.2) is 99.2 Å².